The Hall–Kier alpha value is -2.36. The second-order valence-electron chi connectivity index (χ2n) is 6.63. The second-order valence-corrected chi connectivity index (χ2v) is 6.63. The van der Waals surface area contributed by atoms with Crippen molar-refractivity contribution in [1.29, 1.82) is 0 Å². The largest absolute Gasteiger partial charge is 0.504 e. The summed E-state index contributed by atoms with van der Waals surface area (Å²) in [6.07, 6.45) is 1.70. The van der Waals surface area contributed by atoms with Gasteiger partial charge in [-0.2, -0.15) is 0 Å². The molecule has 2 aromatic carbocycles. The minimum atomic E-state index is -0.524. The number of para-hydroxylation sites is 2. The Morgan fingerprint density at radius 2 is 1.16 bits per heavy atom. The third-order valence-corrected chi connectivity index (χ3v) is 4.24. The van der Waals surface area contributed by atoms with Crippen LogP contribution in [-0.4, -0.2) is 23.4 Å². The lowest BCUT2D eigenvalue weighted by atomic mass is 9.77. The van der Waals surface area contributed by atoms with E-state index >= 15 is 0 Å². The molecule has 0 aliphatic carbocycles. The molecule has 136 valence electrons. The van der Waals surface area contributed by atoms with Crippen molar-refractivity contribution in [3.63, 3.8) is 0 Å². The quantitative estimate of drug-likeness (QED) is 0.707. The van der Waals surface area contributed by atoms with Crippen LogP contribution in [0.2, 0.25) is 0 Å². The van der Waals surface area contributed by atoms with Gasteiger partial charge in [-0.15, -0.1) is 0 Å². The highest BCUT2D eigenvalue weighted by atomic mass is 16.5. The highest BCUT2D eigenvalue weighted by molar-refractivity contribution is 5.58. The maximum Gasteiger partial charge on any atom is 0.164 e. The maximum absolute atomic E-state index is 10.3. The summed E-state index contributed by atoms with van der Waals surface area (Å²) >= 11 is 0. The molecular weight excluding hydrogens is 316 g/mol. The number of hydrogen-bond donors (Lipinski definition) is 2. The van der Waals surface area contributed by atoms with Gasteiger partial charge in [0.15, 0.2) is 23.0 Å². The molecule has 0 aromatic heterocycles. The fraction of sp³-hybridized carbons (Fsp3) is 0.429. The van der Waals surface area contributed by atoms with Crippen LogP contribution >= 0.6 is 0 Å². The number of hydrogen-bond acceptors (Lipinski definition) is 4. The van der Waals surface area contributed by atoms with Gasteiger partial charge in [-0.3, -0.25) is 0 Å². The van der Waals surface area contributed by atoms with Gasteiger partial charge in [-0.25, -0.2) is 0 Å². The van der Waals surface area contributed by atoms with Gasteiger partial charge in [0.25, 0.3) is 0 Å². The van der Waals surface area contributed by atoms with Crippen molar-refractivity contribution >= 4 is 0 Å². The van der Waals surface area contributed by atoms with E-state index in [9.17, 15) is 10.2 Å². The summed E-state index contributed by atoms with van der Waals surface area (Å²) in [5.74, 6) is 1.21. The molecule has 4 nitrogen and oxygen atoms in total. The van der Waals surface area contributed by atoms with E-state index in [0.29, 0.717) is 24.7 Å². The van der Waals surface area contributed by atoms with E-state index < -0.39 is 5.41 Å². The van der Waals surface area contributed by atoms with Gasteiger partial charge in [0, 0.05) is 16.5 Å². The standard InChI is InChI=1S/C21H28O4/c1-5-13-24-19-15(9-7-11-17(19)22)21(3,4)16-10-8-12-18(23)20(16)25-14-6-2/h7-12,22-23H,5-6,13-14H2,1-4H3. The third-order valence-electron chi connectivity index (χ3n) is 4.24. The Bertz CT molecular complexity index is 648. The summed E-state index contributed by atoms with van der Waals surface area (Å²) in [6, 6.07) is 10.8. The van der Waals surface area contributed by atoms with E-state index in [2.05, 4.69) is 0 Å². The number of aromatic hydroxyl groups is 2. The fourth-order valence-corrected chi connectivity index (χ4v) is 2.89. The molecule has 0 saturated heterocycles. The fourth-order valence-electron chi connectivity index (χ4n) is 2.89. The van der Waals surface area contributed by atoms with Crippen molar-refractivity contribution < 1.29 is 19.7 Å². The first-order chi connectivity index (χ1) is 11.9. The highest BCUT2D eigenvalue weighted by Gasteiger charge is 2.32. The SMILES string of the molecule is CCCOc1c(O)cccc1C(C)(C)c1cccc(O)c1OCCC. The summed E-state index contributed by atoms with van der Waals surface area (Å²) in [6.45, 7) is 9.18. The molecule has 0 amide bonds. The molecule has 4 heteroatoms. The third kappa shape index (κ3) is 4.01. The number of phenols is 2. The summed E-state index contributed by atoms with van der Waals surface area (Å²) in [7, 11) is 0. The Labute approximate surface area is 150 Å². The van der Waals surface area contributed by atoms with Crippen LogP contribution in [0.5, 0.6) is 23.0 Å². The normalized spacial score (nSPS) is 11.4. The highest BCUT2D eigenvalue weighted by Crippen LogP contribution is 2.46. The molecule has 0 aliphatic heterocycles. The average molecular weight is 344 g/mol. The van der Waals surface area contributed by atoms with Crippen molar-refractivity contribution in [1.82, 2.24) is 0 Å². The molecule has 0 heterocycles. The molecule has 2 N–H and O–H groups in total. The number of ether oxygens (including phenoxy) is 2. The van der Waals surface area contributed by atoms with Crippen molar-refractivity contribution in [2.24, 2.45) is 0 Å². The van der Waals surface area contributed by atoms with Gasteiger partial charge in [0.1, 0.15) is 0 Å². The van der Waals surface area contributed by atoms with E-state index in [1.54, 1.807) is 24.3 Å². The lowest BCUT2D eigenvalue weighted by Crippen LogP contribution is -2.22. The summed E-state index contributed by atoms with van der Waals surface area (Å²) < 4.78 is 11.6. The molecule has 0 radical (unpaired) electrons. The van der Waals surface area contributed by atoms with Crippen molar-refractivity contribution in [2.75, 3.05) is 13.2 Å². The Balaban J connectivity index is 2.56. The topological polar surface area (TPSA) is 58.9 Å². The molecule has 0 unspecified atom stereocenters. The van der Waals surface area contributed by atoms with Crippen LogP contribution in [0.4, 0.5) is 0 Å². The minimum absolute atomic E-state index is 0.121. The second kappa shape index (κ2) is 8.15. The summed E-state index contributed by atoms with van der Waals surface area (Å²) in [5.41, 5.74) is 1.18. The Kier molecular flexibility index (Phi) is 6.18. The van der Waals surface area contributed by atoms with Gasteiger partial charge < -0.3 is 19.7 Å². The number of rotatable bonds is 8. The molecular formula is C21H28O4. The monoisotopic (exact) mass is 344 g/mol. The van der Waals surface area contributed by atoms with Crippen LogP contribution in [0.3, 0.4) is 0 Å². The van der Waals surface area contributed by atoms with Crippen LogP contribution in [0, 0.1) is 0 Å². The van der Waals surface area contributed by atoms with Crippen LogP contribution in [0.1, 0.15) is 51.7 Å². The zero-order valence-electron chi connectivity index (χ0n) is 15.5. The molecule has 0 fully saturated rings. The molecule has 0 spiro atoms. The molecule has 2 rings (SSSR count). The predicted molar refractivity (Wildman–Crippen MR) is 99.9 cm³/mol. The van der Waals surface area contributed by atoms with Crippen LogP contribution in [0.25, 0.3) is 0 Å². The smallest absolute Gasteiger partial charge is 0.164 e. The molecule has 0 bridgehead atoms. The van der Waals surface area contributed by atoms with Gasteiger partial charge in [0.2, 0.25) is 0 Å². The first kappa shape index (κ1) is 19.0. The first-order valence-corrected chi connectivity index (χ1v) is 8.84. The van der Waals surface area contributed by atoms with Crippen LogP contribution in [-0.2, 0) is 5.41 Å². The van der Waals surface area contributed by atoms with Crippen LogP contribution in [0.15, 0.2) is 36.4 Å². The van der Waals surface area contributed by atoms with Crippen molar-refractivity contribution in [2.45, 2.75) is 46.0 Å². The first-order valence-electron chi connectivity index (χ1n) is 8.84. The Morgan fingerprint density at radius 3 is 1.52 bits per heavy atom. The zero-order valence-corrected chi connectivity index (χ0v) is 15.5. The number of phenolic OH excluding ortho intramolecular Hbond substituents is 2. The van der Waals surface area contributed by atoms with Gasteiger partial charge in [0.05, 0.1) is 13.2 Å². The van der Waals surface area contributed by atoms with E-state index in [4.69, 9.17) is 9.47 Å². The predicted octanol–water partition coefficient (Wildman–Crippen LogP) is 5.00. The molecule has 25 heavy (non-hydrogen) atoms. The van der Waals surface area contributed by atoms with Crippen LogP contribution < -0.4 is 9.47 Å². The van der Waals surface area contributed by atoms with E-state index in [1.165, 1.54) is 0 Å². The lowest BCUT2D eigenvalue weighted by Gasteiger charge is -2.30. The average Bonchev–Trinajstić information content (AvgIpc) is 2.59. The number of benzene rings is 2. The van der Waals surface area contributed by atoms with Gasteiger partial charge in [-0.05, 0) is 25.0 Å². The van der Waals surface area contributed by atoms with E-state index in [0.717, 1.165) is 24.0 Å². The maximum atomic E-state index is 10.3. The molecule has 2 aromatic rings. The molecule has 0 atom stereocenters. The van der Waals surface area contributed by atoms with Gasteiger partial charge >= 0.3 is 0 Å². The summed E-state index contributed by atoms with van der Waals surface area (Å²) in [5, 5.41) is 20.6. The molecule has 0 aliphatic rings. The van der Waals surface area contributed by atoms with Gasteiger partial charge in [-0.1, -0.05) is 52.0 Å². The molecule has 0 saturated carbocycles. The minimum Gasteiger partial charge on any atom is -0.504 e. The van der Waals surface area contributed by atoms with Crippen molar-refractivity contribution in [3.05, 3.63) is 47.5 Å². The van der Waals surface area contributed by atoms with Crippen molar-refractivity contribution in [3.8, 4) is 23.0 Å². The Morgan fingerprint density at radius 1 is 0.760 bits per heavy atom. The van der Waals surface area contributed by atoms with E-state index in [-0.39, 0.29) is 11.5 Å². The summed E-state index contributed by atoms with van der Waals surface area (Å²) in [4.78, 5) is 0. The zero-order chi connectivity index (χ0) is 18.4. The lowest BCUT2D eigenvalue weighted by molar-refractivity contribution is 0.284. The van der Waals surface area contributed by atoms with E-state index in [1.807, 2.05) is 39.8 Å².